The highest BCUT2D eigenvalue weighted by Gasteiger charge is 2.41. The van der Waals surface area contributed by atoms with Gasteiger partial charge >= 0.3 is 5.97 Å². The topological polar surface area (TPSA) is 66.4 Å². The average Bonchev–Trinajstić information content (AvgIpc) is 2.45. The molecule has 1 amide bonds. The second kappa shape index (κ2) is 6.28. The molecule has 6 heteroatoms. The highest BCUT2D eigenvalue weighted by atomic mass is 19.3. The van der Waals surface area contributed by atoms with Crippen molar-refractivity contribution in [3.05, 3.63) is 0 Å². The van der Waals surface area contributed by atoms with Gasteiger partial charge in [-0.05, 0) is 25.7 Å². The molecule has 0 heterocycles. The third-order valence-corrected chi connectivity index (χ3v) is 4.95. The summed E-state index contributed by atoms with van der Waals surface area (Å²) >= 11 is 0. The zero-order valence-electron chi connectivity index (χ0n) is 12.2. The fourth-order valence-electron chi connectivity index (χ4n) is 3.40. The molecule has 0 aliphatic heterocycles. The van der Waals surface area contributed by atoms with Gasteiger partial charge in [-0.3, -0.25) is 9.59 Å². The molecule has 21 heavy (non-hydrogen) atoms. The maximum absolute atomic E-state index is 13.1. The van der Waals surface area contributed by atoms with Gasteiger partial charge in [-0.2, -0.15) is 0 Å². The maximum Gasteiger partial charge on any atom is 0.311 e. The third-order valence-electron chi connectivity index (χ3n) is 4.95. The molecule has 2 aliphatic rings. The summed E-state index contributed by atoms with van der Waals surface area (Å²) in [4.78, 5) is 23.6. The van der Waals surface area contributed by atoms with Crippen LogP contribution in [0.25, 0.3) is 0 Å². The summed E-state index contributed by atoms with van der Waals surface area (Å²) in [5, 5.41) is 12.1. The Morgan fingerprint density at radius 1 is 1.05 bits per heavy atom. The summed E-state index contributed by atoms with van der Waals surface area (Å²) in [5.41, 5.74) is -0.869. The summed E-state index contributed by atoms with van der Waals surface area (Å²) in [5.74, 6) is -4.18. The quantitative estimate of drug-likeness (QED) is 0.839. The number of rotatable bonds is 4. The van der Waals surface area contributed by atoms with Gasteiger partial charge in [0.05, 0.1) is 5.41 Å². The molecule has 0 unspecified atom stereocenters. The monoisotopic (exact) mass is 303 g/mol. The molecule has 0 spiro atoms. The molecule has 2 rings (SSSR count). The fraction of sp³-hybridized carbons (Fsp3) is 0.867. The Labute approximate surface area is 123 Å². The van der Waals surface area contributed by atoms with E-state index in [1.54, 1.807) is 0 Å². The van der Waals surface area contributed by atoms with Gasteiger partial charge in [0.25, 0.3) is 0 Å². The van der Waals surface area contributed by atoms with Crippen LogP contribution >= 0.6 is 0 Å². The number of halogens is 2. The normalized spacial score (nSPS) is 25.2. The lowest BCUT2D eigenvalue weighted by Gasteiger charge is -2.34. The lowest BCUT2D eigenvalue weighted by Crippen LogP contribution is -2.46. The number of hydrogen-bond donors (Lipinski definition) is 2. The van der Waals surface area contributed by atoms with Crippen molar-refractivity contribution in [1.82, 2.24) is 5.32 Å². The summed E-state index contributed by atoms with van der Waals surface area (Å²) < 4.78 is 26.2. The van der Waals surface area contributed by atoms with E-state index in [1.807, 2.05) is 0 Å². The van der Waals surface area contributed by atoms with Gasteiger partial charge < -0.3 is 10.4 Å². The minimum atomic E-state index is -2.65. The lowest BCUT2D eigenvalue weighted by molar-refractivity contribution is -0.151. The molecule has 0 aromatic heterocycles. The van der Waals surface area contributed by atoms with Crippen molar-refractivity contribution < 1.29 is 23.5 Å². The first-order chi connectivity index (χ1) is 9.85. The molecule has 2 fully saturated rings. The molecule has 0 bridgehead atoms. The zero-order chi connectivity index (χ0) is 15.5. The Morgan fingerprint density at radius 2 is 1.62 bits per heavy atom. The molecule has 0 atom stereocenters. The smallest absolute Gasteiger partial charge is 0.311 e. The van der Waals surface area contributed by atoms with Crippen LogP contribution in [0.5, 0.6) is 0 Å². The van der Waals surface area contributed by atoms with Crippen molar-refractivity contribution in [2.24, 2.45) is 11.3 Å². The van der Waals surface area contributed by atoms with Crippen LogP contribution in [0.2, 0.25) is 0 Å². The second-order valence-electron chi connectivity index (χ2n) is 6.49. The Morgan fingerprint density at radius 3 is 2.14 bits per heavy atom. The lowest BCUT2D eigenvalue weighted by atomic mass is 9.74. The number of hydrogen-bond acceptors (Lipinski definition) is 2. The molecular weight excluding hydrogens is 280 g/mol. The number of carbonyl (C=O) groups excluding carboxylic acids is 1. The zero-order valence-corrected chi connectivity index (χ0v) is 12.2. The van der Waals surface area contributed by atoms with E-state index < -0.39 is 23.2 Å². The highest BCUT2D eigenvalue weighted by Crippen LogP contribution is 2.38. The Hall–Kier alpha value is -1.20. The van der Waals surface area contributed by atoms with E-state index in [9.17, 15) is 23.5 Å². The van der Waals surface area contributed by atoms with Crippen LogP contribution < -0.4 is 5.32 Å². The molecule has 0 aromatic carbocycles. The van der Waals surface area contributed by atoms with Crippen molar-refractivity contribution in [2.75, 3.05) is 6.54 Å². The number of amides is 1. The first-order valence-electron chi connectivity index (χ1n) is 7.74. The summed E-state index contributed by atoms with van der Waals surface area (Å²) in [6.45, 7) is 0.119. The van der Waals surface area contributed by atoms with E-state index in [1.165, 1.54) is 0 Å². The van der Waals surface area contributed by atoms with Crippen molar-refractivity contribution in [1.29, 1.82) is 0 Å². The molecule has 4 nitrogen and oxygen atoms in total. The number of nitrogens with one attached hydrogen (secondary N) is 1. The SMILES string of the molecule is O=C(NCC1(C(=O)O)CCCCC1)C1CCC(F)(F)CC1. The molecule has 2 N–H and O–H groups in total. The third kappa shape index (κ3) is 3.92. The highest BCUT2D eigenvalue weighted by molar-refractivity contribution is 5.80. The summed E-state index contributed by atoms with van der Waals surface area (Å²) in [6.07, 6.45) is 3.75. The average molecular weight is 303 g/mol. The van der Waals surface area contributed by atoms with Gasteiger partial charge in [0.1, 0.15) is 0 Å². The van der Waals surface area contributed by atoms with E-state index in [0.29, 0.717) is 12.8 Å². The first kappa shape index (κ1) is 16.2. The van der Waals surface area contributed by atoms with Gasteiger partial charge in [-0.1, -0.05) is 19.3 Å². The number of carboxylic acids is 1. The first-order valence-corrected chi connectivity index (χ1v) is 7.74. The van der Waals surface area contributed by atoms with E-state index in [4.69, 9.17) is 0 Å². The van der Waals surface area contributed by atoms with Gasteiger partial charge in [-0.15, -0.1) is 0 Å². The Balaban J connectivity index is 1.86. The van der Waals surface area contributed by atoms with Crippen molar-refractivity contribution in [3.8, 4) is 0 Å². The van der Waals surface area contributed by atoms with Crippen LogP contribution in [-0.4, -0.2) is 29.5 Å². The van der Waals surface area contributed by atoms with Gasteiger partial charge in [0, 0.05) is 25.3 Å². The van der Waals surface area contributed by atoms with Crippen LogP contribution in [0, 0.1) is 11.3 Å². The van der Waals surface area contributed by atoms with Crippen molar-refractivity contribution >= 4 is 11.9 Å². The molecular formula is C15H23F2NO3. The van der Waals surface area contributed by atoms with Gasteiger partial charge in [-0.25, -0.2) is 8.78 Å². The number of carboxylic acid groups (broad SMARTS) is 1. The standard InChI is InChI=1S/C15H23F2NO3/c16-15(17)8-4-11(5-9-15)12(19)18-10-14(13(20)21)6-2-1-3-7-14/h11H,1-10H2,(H,18,19)(H,20,21). The molecule has 120 valence electrons. The Kier molecular flexibility index (Phi) is 4.84. The van der Waals surface area contributed by atoms with Crippen LogP contribution in [0.3, 0.4) is 0 Å². The molecule has 0 radical (unpaired) electrons. The molecule has 0 saturated heterocycles. The van der Waals surface area contributed by atoms with E-state index >= 15 is 0 Å². The van der Waals surface area contributed by atoms with Crippen LogP contribution in [0.4, 0.5) is 8.78 Å². The van der Waals surface area contributed by atoms with Gasteiger partial charge in [0.2, 0.25) is 11.8 Å². The second-order valence-corrected chi connectivity index (χ2v) is 6.49. The summed E-state index contributed by atoms with van der Waals surface area (Å²) in [6, 6.07) is 0. The fourth-order valence-corrected chi connectivity index (χ4v) is 3.40. The molecule has 0 aromatic rings. The minimum Gasteiger partial charge on any atom is -0.481 e. The van der Waals surface area contributed by atoms with Crippen molar-refractivity contribution in [3.63, 3.8) is 0 Å². The number of alkyl halides is 2. The van der Waals surface area contributed by atoms with E-state index in [2.05, 4.69) is 5.32 Å². The van der Waals surface area contributed by atoms with Crippen LogP contribution in [-0.2, 0) is 9.59 Å². The summed E-state index contributed by atoms with van der Waals surface area (Å²) in [7, 11) is 0. The van der Waals surface area contributed by atoms with Crippen LogP contribution in [0.15, 0.2) is 0 Å². The predicted molar refractivity (Wildman–Crippen MR) is 73.1 cm³/mol. The Bertz CT molecular complexity index is 396. The maximum atomic E-state index is 13.1. The van der Waals surface area contributed by atoms with E-state index in [0.717, 1.165) is 19.3 Å². The largest absolute Gasteiger partial charge is 0.481 e. The molecule has 2 saturated carbocycles. The minimum absolute atomic E-state index is 0.119. The van der Waals surface area contributed by atoms with E-state index in [-0.39, 0.29) is 38.1 Å². The number of aliphatic carboxylic acids is 1. The number of carbonyl (C=O) groups is 2. The van der Waals surface area contributed by atoms with Crippen molar-refractivity contribution in [2.45, 2.75) is 63.7 Å². The predicted octanol–water partition coefficient (Wildman–Crippen LogP) is 2.96. The molecule has 2 aliphatic carbocycles. The van der Waals surface area contributed by atoms with Crippen LogP contribution in [0.1, 0.15) is 57.8 Å². The van der Waals surface area contributed by atoms with Gasteiger partial charge in [0.15, 0.2) is 0 Å².